The van der Waals surface area contributed by atoms with Gasteiger partial charge in [0.2, 0.25) is 0 Å². The zero-order valence-electron chi connectivity index (χ0n) is 17.9. The zero-order valence-corrected chi connectivity index (χ0v) is 17.9. The minimum absolute atomic E-state index is 0.117. The fraction of sp³-hybridized carbons (Fsp3) is 0.280. The minimum Gasteiger partial charge on any atom is -0.507 e. The lowest BCUT2D eigenvalue weighted by Gasteiger charge is -2.24. The fourth-order valence-electron chi connectivity index (χ4n) is 4.26. The number of hydrogen-bond donors (Lipinski definition) is 2. The summed E-state index contributed by atoms with van der Waals surface area (Å²) in [6.45, 7) is 6.71. The number of aromatic nitrogens is 1. The molecule has 1 aliphatic rings. The number of benzene rings is 2. The quantitative estimate of drug-likeness (QED) is 0.345. The Morgan fingerprint density at radius 1 is 1.16 bits per heavy atom. The lowest BCUT2D eigenvalue weighted by atomic mass is 9.94. The van der Waals surface area contributed by atoms with Crippen LogP contribution in [-0.2, 0) is 9.59 Å². The number of aryl methyl sites for hydroxylation is 1. The summed E-state index contributed by atoms with van der Waals surface area (Å²) in [6, 6.07) is 12.4. The highest BCUT2D eigenvalue weighted by Crippen LogP contribution is 2.42. The van der Waals surface area contributed by atoms with Crippen molar-refractivity contribution in [2.75, 3.05) is 13.2 Å². The Balaban J connectivity index is 1.90. The topological polar surface area (TPSA) is 82.6 Å². The summed E-state index contributed by atoms with van der Waals surface area (Å²) in [6.07, 6.45) is 2.52. The van der Waals surface area contributed by atoms with Crippen molar-refractivity contribution in [3.8, 4) is 5.75 Å². The minimum atomic E-state index is -0.659. The molecule has 0 spiro atoms. The van der Waals surface area contributed by atoms with Crippen molar-refractivity contribution in [2.24, 2.45) is 0 Å². The van der Waals surface area contributed by atoms with E-state index < -0.39 is 17.7 Å². The number of aliphatic hydroxyl groups is 1. The number of H-pyrrole nitrogens is 1. The molecule has 1 aliphatic heterocycles. The second-order valence-corrected chi connectivity index (χ2v) is 7.70. The third-order valence-corrected chi connectivity index (χ3v) is 5.67. The summed E-state index contributed by atoms with van der Waals surface area (Å²) in [5.74, 6) is -0.689. The molecule has 2 N–H and O–H groups in total. The van der Waals surface area contributed by atoms with Gasteiger partial charge in [-0.05, 0) is 50.1 Å². The maximum absolute atomic E-state index is 13.1. The number of nitrogens with one attached hydrogen (secondary N) is 1. The van der Waals surface area contributed by atoms with E-state index in [2.05, 4.69) is 4.98 Å². The highest BCUT2D eigenvalue weighted by Gasteiger charge is 2.46. The predicted molar refractivity (Wildman–Crippen MR) is 120 cm³/mol. The van der Waals surface area contributed by atoms with Gasteiger partial charge in [-0.3, -0.25) is 9.59 Å². The molecule has 1 aromatic heterocycles. The molecule has 4 rings (SSSR count). The van der Waals surface area contributed by atoms with E-state index in [0.717, 1.165) is 27.8 Å². The van der Waals surface area contributed by atoms with Gasteiger partial charge in [0.15, 0.2) is 0 Å². The van der Waals surface area contributed by atoms with Gasteiger partial charge in [-0.1, -0.05) is 25.1 Å². The SMILES string of the molecule is CCCN1C(=O)C(=O)/C(=C(/O)c2ccc(OCC)c(C)c2)C1c1c[nH]c2ccccc12. The first-order chi connectivity index (χ1) is 15.0. The third-order valence-electron chi connectivity index (χ3n) is 5.67. The maximum atomic E-state index is 13.1. The van der Waals surface area contributed by atoms with E-state index in [4.69, 9.17) is 4.74 Å². The van der Waals surface area contributed by atoms with E-state index in [0.29, 0.717) is 25.1 Å². The van der Waals surface area contributed by atoms with Crippen LogP contribution in [-0.4, -0.2) is 39.8 Å². The number of Topliss-reactive ketones (excluding diaryl/α,β-unsaturated/α-hetero) is 1. The van der Waals surface area contributed by atoms with Gasteiger partial charge < -0.3 is 19.7 Å². The Labute approximate surface area is 181 Å². The van der Waals surface area contributed by atoms with Crippen molar-refractivity contribution in [1.82, 2.24) is 9.88 Å². The summed E-state index contributed by atoms with van der Waals surface area (Å²) in [4.78, 5) is 30.7. The second kappa shape index (κ2) is 8.30. The first kappa shape index (κ1) is 20.7. The van der Waals surface area contributed by atoms with Crippen LogP contribution < -0.4 is 4.74 Å². The summed E-state index contributed by atoms with van der Waals surface area (Å²) < 4.78 is 5.58. The molecule has 1 fully saturated rings. The smallest absolute Gasteiger partial charge is 0.295 e. The van der Waals surface area contributed by atoms with Crippen LogP contribution in [0.1, 0.15) is 43.0 Å². The number of ketones is 1. The van der Waals surface area contributed by atoms with Crippen molar-refractivity contribution in [2.45, 2.75) is 33.2 Å². The number of carbonyl (C=O) groups excluding carboxylic acids is 2. The van der Waals surface area contributed by atoms with Gasteiger partial charge in [0.1, 0.15) is 11.5 Å². The predicted octanol–water partition coefficient (Wildman–Crippen LogP) is 4.71. The Morgan fingerprint density at radius 2 is 1.94 bits per heavy atom. The lowest BCUT2D eigenvalue weighted by molar-refractivity contribution is -0.139. The first-order valence-corrected chi connectivity index (χ1v) is 10.6. The highest BCUT2D eigenvalue weighted by molar-refractivity contribution is 6.46. The number of fused-ring (bicyclic) bond motifs is 1. The molecule has 31 heavy (non-hydrogen) atoms. The summed E-state index contributed by atoms with van der Waals surface area (Å²) >= 11 is 0. The van der Waals surface area contributed by atoms with Gasteiger partial charge in [0.25, 0.3) is 11.7 Å². The van der Waals surface area contributed by atoms with Gasteiger partial charge >= 0.3 is 0 Å². The largest absolute Gasteiger partial charge is 0.507 e. The van der Waals surface area contributed by atoms with Crippen LogP contribution in [0.5, 0.6) is 5.75 Å². The highest BCUT2D eigenvalue weighted by atomic mass is 16.5. The molecule has 3 aromatic rings. The Hall–Kier alpha value is -3.54. The van der Waals surface area contributed by atoms with Crippen LogP contribution in [0, 0.1) is 6.92 Å². The van der Waals surface area contributed by atoms with E-state index in [1.807, 2.05) is 51.2 Å². The Bertz CT molecular complexity index is 1190. The van der Waals surface area contributed by atoms with Crippen molar-refractivity contribution < 1.29 is 19.4 Å². The molecular weight excluding hydrogens is 392 g/mol. The lowest BCUT2D eigenvalue weighted by Crippen LogP contribution is -2.30. The molecule has 2 heterocycles. The molecule has 0 bridgehead atoms. The molecule has 2 aromatic carbocycles. The molecule has 1 atom stereocenters. The monoisotopic (exact) mass is 418 g/mol. The Kier molecular flexibility index (Phi) is 5.55. The normalized spacial score (nSPS) is 18.2. The van der Waals surface area contributed by atoms with Crippen LogP contribution in [0.25, 0.3) is 16.7 Å². The number of carbonyl (C=O) groups is 2. The van der Waals surface area contributed by atoms with Crippen molar-refractivity contribution >= 4 is 28.4 Å². The standard InChI is InChI=1S/C25H26N2O4/c1-4-12-27-22(18-14-26-19-9-7-6-8-17(18)19)21(24(29)25(27)30)23(28)16-10-11-20(31-5-2)15(3)13-16/h6-11,13-14,22,26,28H,4-5,12H2,1-3H3/b23-21+. The molecule has 160 valence electrons. The number of likely N-dealkylation sites (tertiary alicyclic amines) is 1. The van der Waals surface area contributed by atoms with Crippen molar-refractivity contribution in [3.63, 3.8) is 0 Å². The van der Waals surface area contributed by atoms with Crippen molar-refractivity contribution in [1.29, 1.82) is 0 Å². The van der Waals surface area contributed by atoms with Gasteiger partial charge in [-0.2, -0.15) is 0 Å². The average Bonchev–Trinajstić information content (AvgIpc) is 3.29. The second-order valence-electron chi connectivity index (χ2n) is 7.70. The average molecular weight is 418 g/mol. The summed E-state index contributed by atoms with van der Waals surface area (Å²) in [5.41, 5.74) is 3.16. The number of rotatable bonds is 6. The van der Waals surface area contributed by atoms with Crippen molar-refractivity contribution in [3.05, 3.63) is 70.9 Å². The van der Waals surface area contributed by atoms with E-state index in [1.165, 1.54) is 0 Å². The zero-order chi connectivity index (χ0) is 22.1. The number of para-hydroxylation sites is 1. The summed E-state index contributed by atoms with van der Waals surface area (Å²) in [5, 5.41) is 12.1. The molecule has 0 saturated carbocycles. The number of aliphatic hydroxyl groups excluding tert-OH is 1. The fourth-order valence-corrected chi connectivity index (χ4v) is 4.26. The molecule has 0 radical (unpaired) electrons. The van der Waals surface area contributed by atoms with E-state index >= 15 is 0 Å². The number of aromatic amines is 1. The Morgan fingerprint density at radius 3 is 2.65 bits per heavy atom. The molecule has 0 aliphatic carbocycles. The van der Waals surface area contributed by atoms with E-state index in [-0.39, 0.29) is 11.3 Å². The molecule has 1 amide bonds. The number of ether oxygens (including phenoxy) is 1. The molecule has 6 heteroatoms. The first-order valence-electron chi connectivity index (χ1n) is 10.6. The van der Waals surface area contributed by atoms with Crippen LogP contribution in [0.15, 0.2) is 54.2 Å². The van der Waals surface area contributed by atoms with Gasteiger partial charge in [-0.25, -0.2) is 0 Å². The molecule has 6 nitrogen and oxygen atoms in total. The number of nitrogens with zero attached hydrogens (tertiary/aromatic N) is 1. The third kappa shape index (κ3) is 3.48. The van der Waals surface area contributed by atoms with E-state index in [9.17, 15) is 14.7 Å². The van der Waals surface area contributed by atoms with E-state index in [1.54, 1.807) is 23.1 Å². The van der Waals surface area contributed by atoms with Crippen LogP contribution in [0.3, 0.4) is 0 Å². The van der Waals surface area contributed by atoms with Crippen LogP contribution in [0.4, 0.5) is 0 Å². The number of hydrogen-bond acceptors (Lipinski definition) is 4. The van der Waals surface area contributed by atoms with Gasteiger partial charge in [-0.15, -0.1) is 0 Å². The van der Waals surface area contributed by atoms with Crippen LogP contribution in [0.2, 0.25) is 0 Å². The molecule has 1 saturated heterocycles. The van der Waals surface area contributed by atoms with Gasteiger partial charge in [0, 0.05) is 34.8 Å². The van der Waals surface area contributed by atoms with Gasteiger partial charge in [0.05, 0.1) is 18.2 Å². The number of amides is 1. The maximum Gasteiger partial charge on any atom is 0.295 e. The molecule has 1 unspecified atom stereocenters. The van der Waals surface area contributed by atoms with Crippen LogP contribution >= 0.6 is 0 Å². The molecular formula is C25H26N2O4. The summed E-state index contributed by atoms with van der Waals surface area (Å²) in [7, 11) is 0.